The van der Waals surface area contributed by atoms with Crippen LogP contribution in [0.25, 0.3) is 0 Å². The summed E-state index contributed by atoms with van der Waals surface area (Å²) in [6.07, 6.45) is 0.670. The molecule has 1 atom stereocenters. The van der Waals surface area contributed by atoms with E-state index in [1.54, 1.807) is 13.0 Å². The SMILES string of the molecule is Cc1ccc(F)cc1S(=O)(=O)N1c2ccccc2CC1C. The van der Waals surface area contributed by atoms with Crippen LogP contribution in [0.1, 0.15) is 18.1 Å². The molecule has 110 valence electrons. The third kappa shape index (κ3) is 2.21. The van der Waals surface area contributed by atoms with E-state index >= 15 is 0 Å². The van der Waals surface area contributed by atoms with Gasteiger partial charge in [0.15, 0.2) is 0 Å². The number of aryl methyl sites for hydroxylation is 1. The first-order chi connectivity index (χ1) is 9.91. The Balaban J connectivity index is 2.17. The van der Waals surface area contributed by atoms with Gasteiger partial charge in [-0.15, -0.1) is 0 Å². The molecule has 0 radical (unpaired) electrons. The highest BCUT2D eigenvalue weighted by molar-refractivity contribution is 7.93. The fraction of sp³-hybridized carbons (Fsp3) is 0.250. The van der Waals surface area contributed by atoms with E-state index in [-0.39, 0.29) is 10.9 Å². The minimum atomic E-state index is -3.76. The largest absolute Gasteiger partial charge is 0.264 e. The van der Waals surface area contributed by atoms with Gasteiger partial charge in [-0.25, -0.2) is 12.8 Å². The number of para-hydroxylation sites is 1. The fourth-order valence-electron chi connectivity index (χ4n) is 2.86. The molecule has 0 N–H and O–H groups in total. The van der Waals surface area contributed by atoms with Gasteiger partial charge in [-0.05, 0) is 49.6 Å². The average molecular weight is 305 g/mol. The van der Waals surface area contributed by atoms with Crippen molar-refractivity contribution in [1.82, 2.24) is 0 Å². The van der Waals surface area contributed by atoms with E-state index in [4.69, 9.17) is 0 Å². The molecule has 2 aromatic rings. The molecule has 0 amide bonds. The highest BCUT2D eigenvalue weighted by atomic mass is 32.2. The Bertz CT molecular complexity index is 802. The summed E-state index contributed by atoms with van der Waals surface area (Å²) in [5.41, 5.74) is 2.24. The minimum Gasteiger partial charge on any atom is -0.263 e. The zero-order valence-electron chi connectivity index (χ0n) is 11.9. The molecule has 0 fully saturated rings. The fourth-order valence-corrected chi connectivity index (χ4v) is 4.79. The third-order valence-corrected chi connectivity index (χ3v) is 5.90. The van der Waals surface area contributed by atoms with Crippen LogP contribution in [0.3, 0.4) is 0 Å². The molecule has 0 bridgehead atoms. The molecular weight excluding hydrogens is 289 g/mol. The van der Waals surface area contributed by atoms with E-state index in [1.165, 1.54) is 16.4 Å². The van der Waals surface area contributed by atoms with Crippen molar-refractivity contribution in [1.29, 1.82) is 0 Å². The number of sulfonamides is 1. The first-order valence-electron chi connectivity index (χ1n) is 6.80. The van der Waals surface area contributed by atoms with Gasteiger partial charge in [0.25, 0.3) is 10.0 Å². The number of halogens is 1. The van der Waals surface area contributed by atoms with E-state index in [0.717, 1.165) is 11.6 Å². The standard InChI is InChI=1S/C16H16FNO2S/c1-11-7-8-14(17)10-16(11)21(19,20)18-12(2)9-13-5-3-4-6-15(13)18/h3-8,10,12H,9H2,1-2H3. The van der Waals surface area contributed by atoms with E-state index in [2.05, 4.69) is 0 Å². The predicted molar refractivity (Wildman–Crippen MR) is 80.4 cm³/mol. The van der Waals surface area contributed by atoms with Gasteiger partial charge in [-0.2, -0.15) is 0 Å². The number of benzene rings is 2. The second-order valence-electron chi connectivity index (χ2n) is 5.39. The number of hydrogen-bond donors (Lipinski definition) is 0. The molecule has 1 aliphatic heterocycles. The van der Waals surface area contributed by atoms with Crippen LogP contribution in [0.5, 0.6) is 0 Å². The molecule has 5 heteroatoms. The summed E-state index contributed by atoms with van der Waals surface area (Å²) in [5, 5.41) is 0. The lowest BCUT2D eigenvalue weighted by Crippen LogP contribution is -2.36. The maximum absolute atomic E-state index is 13.5. The first-order valence-corrected chi connectivity index (χ1v) is 8.24. The summed E-state index contributed by atoms with van der Waals surface area (Å²) in [5.74, 6) is -0.542. The van der Waals surface area contributed by atoms with Crippen LogP contribution < -0.4 is 4.31 Å². The van der Waals surface area contributed by atoms with Crippen molar-refractivity contribution in [3.05, 3.63) is 59.4 Å². The van der Waals surface area contributed by atoms with Crippen molar-refractivity contribution in [2.75, 3.05) is 4.31 Å². The molecule has 0 spiro atoms. The summed E-state index contributed by atoms with van der Waals surface area (Å²) in [7, 11) is -3.76. The van der Waals surface area contributed by atoms with Gasteiger partial charge in [0.1, 0.15) is 5.82 Å². The summed E-state index contributed by atoms with van der Waals surface area (Å²) < 4.78 is 40.8. The quantitative estimate of drug-likeness (QED) is 0.854. The van der Waals surface area contributed by atoms with Gasteiger partial charge < -0.3 is 0 Å². The Morgan fingerprint density at radius 2 is 1.90 bits per heavy atom. The summed E-state index contributed by atoms with van der Waals surface area (Å²) >= 11 is 0. The number of anilines is 1. The number of hydrogen-bond acceptors (Lipinski definition) is 2. The van der Waals surface area contributed by atoms with E-state index in [9.17, 15) is 12.8 Å². The molecule has 0 aromatic heterocycles. The van der Waals surface area contributed by atoms with Gasteiger partial charge in [-0.1, -0.05) is 24.3 Å². The molecule has 3 nitrogen and oxygen atoms in total. The molecule has 1 heterocycles. The van der Waals surface area contributed by atoms with Crippen LogP contribution in [0.4, 0.5) is 10.1 Å². The first kappa shape index (κ1) is 14.1. The highest BCUT2D eigenvalue weighted by Crippen LogP contribution is 2.37. The lowest BCUT2D eigenvalue weighted by atomic mass is 10.1. The lowest BCUT2D eigenvalue weighted by Gasteiger charge is -2.25. The molecule has 0 saturated carbocycles. The predicted octanol–water partition coefficient (Wildman–Crippen LogP) is 3.27. The zero-order valence-corrected chi connectivity index (χ0v) is 12.7. The van der Waals surface area contributed by atoms with E-state index in [0.29, 0.717) is 17.7 Å². The maximum Gasteiger partial charge on any atom is 0.264 e. The molecule has 1 unspecified atom stereocenters. The van der Waals surface area contributed by atoms with Gasteiger partial charge in [0, 0.05) is 6.04 Å². The van der Waals surface area contributed by atoms with Gasteiger partial charge in [0.2, 0.25) is 0 Å². The van der Waals surface area contributed by atoms with Crippen LogP contribution in [-0.2, 0) is 16.4 Å². The van der Waals surface area contributed by atoms with Crippen LogP contribution >= 0.6 is 0 Å². The van der Waals surface area contributed by atoms with Crippen molar-refractivity contribution in [3.63, 3.8) is 0 Å². The van der Waals surface area contributed by atoms with Crippen molar-refractivity contribution in [3.8, 4) is 0 Å². The van der Waals surface area contributed by atoms with Crippen molar-refractivity contribution < 1.29 is 12.8 Å². The Morgan fingerprint density at radius 3 is 2.67 bits per heavy atom. The molecular formula is C16H16FNO2S. The van der Waals surface area contributed by atoms with Gasteiger partial charge in [-0.3, -0.25) is 4.31 Å². The minimum absolute atomic E-state index is 0.0334. The monoisotopic (exact) mass is 305 g/mol. The molecule has 0 aliphatic carbocycles. The van der Waals surface area contributed by atoms with Gasteiger partial charge >= 0.3 is 0 Å². The Kier molecular flexibility index (Phi) is 3.24. The normalized spacial score (nSPS) is 17.9. The van der Waals surface area contributed by atoms with Crippen LogP contribution in [0.15, 0.2) is 47.4 Å². The summed E-state index contributed by atoms with van der Waals surface area (Å²) in [6.45, 7) is 3.55. The molecule has 3 rings (SSSR count). The summed E-state index contributed by atoms with van der Waals surface area (Å²) in [6, 6.07) is 11.1. The molecule has 1 aliphatic rings. The van der Waals surface area contributed by atoms with Crippen LogP contribution in [0, 0.1) is 12.7 Å². The molecule has 0 saturated heterocycles. The second-order valence-corrected chi connectivity index (χ2v) is 7.18. The van der Waals surface area contributed by atoms with E-state index < -0.39 is 15.8 Å². The number of nitrogens with zero attached hydrogens (tertiary/aromatic N) is 1. The number of fused-ring (bicyclic) bond motifs is 1. The Labute approximate surface area is 124 Å². The third-order valence-electron chi connectivity index (χ3n) is 3.83. The lowest BCUT2D eigenvalue weighted by molar-refractivity contribution is 0.579. The van der Waals surface area contributed by atoms with Crippen molar-refractivity contribution >= 4 is 15.7 Å². The average Bonchev–Trinajstić information content (AvgIpc) is 2.77. The van der Waals surface area contributed by atoms with Crippen LogP contribution in [-0.4, -0.2) is 14.5 Å². The summed E-state index contributed by atoms with van der Waals surface area (Å²) in [4.78, 5) is 0.0334. The smallest absolute Gasteiger partial charge is 0.263 e. The molecule has 2 aromatic carbocycles. The molecule has 21 heavy (non-hydrogen) atoms. The number of rotatable bonds is 2. The maximum atomic E-state index is 13.5. The Morgan fingerprint density at radius 1 is 1.19 bits per heavy atom. The van der Waals surface area contributed by atoms with Crippen molar-refractivity contribution in [2.24, 2.45) is 0 Å². The Hall–Kier alpha value is -1.88. The highest BCUT2D eigenvalue weighted by Gasteiger charge is 2.36. The van der Waals surface area contributed by atoms with E-state index in [1.807, 2.05) is 25.1 Å². The topological polar surface area (TPSA) is 37.4 Å². The van der Waals surface area contributed by atoms with Crippen LogP contribution in [0.2, 0.25) is 0 Å². The zero-order chi connectivity index (χ0) is 15.2. The van der Waals surface area contributed by atoms with Gasteiger partial charge in [0.05, 0.1) is 10.6 Å². The second kappa shape index (κ2) is 4.84. The van der Waals surface area contributed by atoms with Crippen molar-refractivity contribution in [2.45, 2.75) is 31.2 Å².